The molecule has 0 aromatic heterocycles. The molecule has 26 heavy (non-hydrogen) atoms. The van der Waals surface area contributed by atoms with Gasteiger partial charge in [0.05, 0.1) is 25.9 Å². The van der Waals surface area contributed by atoms with Gasteiger partial charge < -0.3 is 9.47 Å². The van der Waals surface area contributed by atoms with Crippen LogP contribution in [0.15, 0.2) is 60.7 Å². The van der Waals surface area contributed by atoms with Gasteiger partial charge in [-0.1, -0.05) is 60.7 Å². The lowest BCUT2D eigenvalue weighted by Gasteiger charge is -2.22. The Hall–Kier alpha value is -1.73. The minimum atomic E-state index is -4.08. The summed E-state index contributed by atoms with van der Waals surface area (Å²) < 4.78 is 43.5. The largest absolute Gasteiger partial charge is 0.374 e. The van der Waals surface area contributed by atoms with Gasteiger partial charge in [-0.05, 0) is 30.4 Å². The lowest BCUT2D eigenvalue weighted by molar-refractivity contribution is -0.0347. The molecule has 1 saturated carbocycles. The van der Waals surface area contributed by atoms with E-state index in [9.17, 15) is 13.0 Å². The fraction of sp³-hybridized carbons (Fsp3) is 0.400. The maximum Gasteiger partial charge on any atom is 0.270 e. The second kappa shape index (κ2) is 8.31. The molecule has 1 aliphatic rings. The van der Waals surface area contributed by atoms with Gasteiger partial charge in [-0.3, -0.25) is 4.55 Å². The van der Waals surface area contributed by atoms with Crippen molar-refractivity contribution in [3.05, 3.63) is 71.8 Å². The van der Waals surface area contributed by atoms with Crippen LogP contribution >= 0.6 is 0 Å². The Morgan fingerprint density at radius 3 is 1.96 bits per heavy atom. The van der Waals surface area contributed by atoms with E-state index in [0.717, 1.165) is 11.1 Å². The van der Waals surface area contributed by atoms with E-state index in [0.29, 0.717) is 26.1 Å². The summed E-state index contributed by atoms with van der Waals surface area (Å²) in [6.07, 6.45) is 0.780. The highest BCUT2D eigenvalue weighted by Crippen LogP contribution is 2.47. The predicted molar refractivity (Wildman–Crippen MR) is 99.2 cm³/mol. The maximum atomic E-state index is 11.7. The van der Waals surface area contributed by atoms with Gasteiger partial charge in [0.25, 0.3) is 10.1 Å². The van der Waals surface area contributed by atoms with Gasteiger partial charge >= 0.3 is 0 Å². The smallest absolute Gasteiger partial charge is 0.270 e. The second-order valence-corrected chi connectivity index (χ2v) is 8.60. The first-order valence-electron chi connectivity index (χ1n) is 8.73. The van der Waals surface area contributed by atoms with E-state index >= 15 is 0 Å². The van der Waals surface area contributed by atoms with Crippen LogP contribution in [0.1, 0.15) is 30.4 Å². The Kier molecular flexibility index (Phi) is 6.09. The topological polar surface area (TPSA) is 72.8 Å². The standard InChI is InChI=1S/C20H24O5S/c21-26(22,23)20(11-12-20)13-19(25-15-18-9-5-2-6-10-18)16-24-14-17-7-3-1-4-8-17/h1-10,19H,11-16H2,(H,21,22,23)/t19-/m0/s1. The van der Waals surface area contributed by atoms with Crippen molar-refractivity contribution in [3.8, 4) is 0 Å². The second-order valence-electron chi connectivity index (χ2n) is 6.78. The molecule has 2 aromatic rings. The summed E-state index contributed by atoms with van der Waals surface area (Å²) in [6.45, 7) is 1.09. The zero-order chi connectivity index (χ0) is 18.5. The molecule has 0 saturated heterocycles. The Labute approximate surface area is 154 Å². The van der Waals surface area contributed by atoms with Gasteiger partial charge in [-0.15, -0.1) is 0 Å². The highest BCUT2D eigenvalue weighted by molar-refractivity contribution is 7.87. The molecule has 5 nitrogen and oxygen atoms in total. The molecular formula is C20H24O5S. The molecule has 0 heterocycles. The third-order valence-corrected chi connectivity index (χ3v) is 6.37. The molecule has 0 unspecified atom stereocenters. The van der Waals surface area contributed by atoms with Gasteiger partial charge in [0, 0.05) is 0 Å². The molecule has 0 spiro atoms. The molecule has 0 radical (unpaired) electrons. The summed E-state index contributed by atoms with van der Waals surface area (Å²) in [5, 5.41) is 0. The molecule has 1 atom stereocenters. The minimum absolute atomic E-state index is 0.244. The molecule has 140 valence electrons. The lowest BCUT2D eigenvalue weighted by Crippen LogP contribution is -2.32. The van der Waals surface area contributed by atoms with Crippen molar-refractivity contribution in [2.75, 3.05) is 6.61 Å². The molecule has 3 rings (SSSR count). The van der Waals surface area contributed by atoms with Crippen molar-refractivity contribution in [3.63, 3.8) is 0 Å². The van der Waals surface area contributed by atoms with Crippen LogP contribution in [0, 0.1) is 0 Å². The van der Waals surface area contributed by atoms with E-state index in [2.05, 4.69) is 0 Å². The summed E-state index contributed by atoms with van der Waals surface area (Å²) in [7, 11) is -4.08. The van der Waals surface area contributed by atoms with Gasteiger partial charge in [0.2, 0.25) is 0 Å². The normalized spacial score (nSPS) is 17.0. The number of ether oxygens (including phenoxy) is 2. The van der Waals surface area contributed by atoms with E-state index in [4.69, 9.17) is 9.47 Å². The van der Waals surface area contributed by atoms with Gasteiger partial charge in [-0.2, -0.15) is 8.42 Å². The van der Waals surface area contributed by atoms with Crippen LogP contribution in [0.4, 0.5) is 0 Å². The van der Waals surface area contributed by atoms with Crippen LogP contribution in [-0.2, 0) is 32.8 Å². The molecule has 0 bridgehead atoms. The monoisotopic (exact) mass is 376 g/mol. The zero-order valence-corrected chi connectivity index (χ0v) is 15.4. The van der Waals surface area contributed by atoms with Crippen LogP contribution in [0.25, 0.3) is 0 Å². The molecule has 6 heteroatoms. The van der Waals surface area contributed by atoms with Crippen molar-refractivity contribution in [1.29, 1.82) is 0 Å². The summed E-state index contributed by atoms with van der Waals surface area (Å²) >= 11 is 0. The summed E-state index contributed by atoms with van der Waals surface area (Å²) in [6, 6.07) is 19.5. The van der Waals surface area contributed by atoms with Crippen LogP contribution < -0.4 is 0 Å². The minimum Gasteiger partial charge on any atom is -0.374 e. The van der Waals surface area contributed by atoms with Crippen molar-refractivity contribution < 1.29 is 22.4 Å². The van der Waals surface area contributed by atoms with Gasteiger partial charge in [0.1, 0.15) is 4.75 Å². The molecule has 1 N–H and O–H groups in total. The van der Waals surface area contributed by atoms with Crippen LogP contribution in [0.2, 0.25) is 0 Å². The fourth-order valence-corrected chi connectivity index (χ4v) is 3.97. The first-order valence-corrected chi connectivity index (χ1v) is 10.2. The van der Waals surface area contributed by atoms with E-state index in [1.165, 1.54) is 0 Å². The number of benzene rings is 2. The third-order valence-electron chi connectivity index (χ3n) is 4.70. The summed E-state index contributed by atoms with van der Waals surface area (Å²) in [5.41, 5.74) is 2.06. The molecule has 0 amide bonds. The van der Waals surface area contributed by atoms with E-state index in [1.807, 2.05) is 60.7 Å². The zero-order valence-electron chi connectivity index (χ0n) is 14.6. The van der Waals surface area contributed by atoms with Gasteiger partial charge in [-0.25, -0.2) is 0 Å². The van der Waals surface area contributed by atoms with Crippen molar-refractivity contribution >= 4 is 10.1 Å². The molecule has 1 aliphatic carbocycles. The Balaban J connectivity index is 1.59. The quantitative estimate of drug-likeness (QED) is 0.642. The summed E-state index contributed by atoms with van der Waals surface area (Å²) in [5.74, 6) is 0. The number of hydrogen-bond donors (Lipinski definition) is 1. The molecule has 0 aliphatic heterocycles. The molecule has 1 fully saturated rings. The van der Waals surface area contributed by atoms with Crippen LogP contribution in [-0.4, -0.2) is 30.4 Å². The van der Waals surface area contributed by atoms with Crippen molar-refractivity contribution in [2.24, 2.45) is 0 Å². The Morgan fingerprint density at radius 2 is 1.46 bits per heavy atom. The van der Waals surface area contributed by atoms with E-state index < -0.39 is 21.0 Å². The average Bonchev–Trinajstić information content (AvgIpc) is 3.42. The average molecular weight is 376 g/mol. The van der Waals surface area contributed by atoms with Gasteiger partial charge in [0.15, 0.2) is 0 Å². The number of hydrogen-bond acceptors (Lipinski definition) is 4. The maximum absolute atomic E-state index is 11.7. The fourth-order valence-electron chi connectivity index (χ4n) is 2.96. The first-order chi connectivity index (χ1) is 12.5. The third kappa shape index (κ3) is 5.14. The van der Waals surface area contributed by atoms with E-state index in [-0.39, 0.29) is 13.0 Å². The van der Waals surface area contributed by atoms with Crippen LogP contribution in [0.3, 0.4) is 0 Å². The molecule has 2 aromatic carbocycles. The highest BCUT2D eigenvalue weighted by atomic mass is 32.2. The van der Waals surface area contributed by atoms with Crippen molar-refractivity contribution in [2.45, 2.75) is 43.3 Å². The van der Waals surface area contributed by atoms with E-state index in [1.54, 1.807) is 0 Å². The Morgan fingerprint density at radius 1 is 0.923 bits per heavy atom. The first kappa shape index (κ1) is 19.0. The van der Waals surface area contributed by atoms with Crippen molar-refractivity contribution in [1.82, 2.24) is 0 Å². The summed E-state index contributed by atoms with van der Waals surface area (Å²) in [4.78, 5) is 0. The predicted octanol–water partition coefficient (Wildman–Crippen LogP) is 3.60. The number of rotatable bonds is 10. The molecular weight excluding hydrogens is 352 g/mol. The SMILES string of the molecule is O=S(=O)(O)C1(C[C@@H](COCc2ccccc2)OCc2ccccc2)CC1. The van der Waals surface area contributed by atoms with Crippen LogP contribution in [0.5, 0.6) is 0 Å². The Bertz CT molecular complexity index is 785. The lowest BCUT2D eigenvalue weighted by atomic mass is 10.1. The highest BCUT2D eigenvalue weighted by Gasteiger charge is 2.55.